The van der Waals surface area contributed by atoms with Crippen LogP contribution in [0.2, 0.25) is 0 Å². The maximum absolute atomic E-state index is 12.9. The van der Waals surface area contributed by atoms with Gasteiger partial charge in [0.2, 0.25) is 17.6 Å². The fraction of sp³-hybridized carbons (Fsp3) is 0.167. The molecule has 0 unspecified atom stereocenters. The van der Waals surface area contributed by atoms with Gasteiger partial charge in [0.1, 0.15) is 5.82 Å². The molecule has 0 bridgehead atoms. The average molecular weight is 404 g/mol. The zero-order valence-electron chi connectivity index (χ0n) is 13.4. The molecule has 5 nitrogen and oxygen atoms in total. The van der Waals surface area contributed by atoms with Gasteiger partial charge in [-0.2, -0.15) is 4.98 Å². The lowest BCUT2D eigenvalue weighted by Crippen LogP contribution is -2.12. The first-order valence-corrected chi connectivity index (χ1v) is 8.45. The molecule has 0 fully saturated rings. The highest BCUT2D eigenvalue weighted by molar-refractivity contribution is 9.10. The van der Waals surface area contributed by atoms with Crippen molar-refractivity contribution in [3.8, 4) is 11.4 Å². The van der Waals surface area contributed by atoms with Crippen LogP contribution in [0, 0.1) is 12.7 Å². The Morgan fingerprint density at radius 3 is 2.72 bits per heavy atom. The number of nitrogens with zero attached hydrogens (tertiary/aromatic N) is 2. The van der Waals surface area contributed by atoms with Gasteiger partial charge in [0.15, 0.2) is 0 Å². The zero-order valence-corrected chi connectivity index (χ0v) is 15.0. The van der Waals surface area contributed by atoms with Crippen LogP contribution in [0.5, 0.6) is 0 Å². The van der Waals surface area contributed by atoms with E-state index < -0.39 is 0 Å². The first-order valence-electron chi connectivity index (χ1n) is 7.66. The number of anilines is 1. The first-order chi connectivity index (χ1) is 12.0. The summed E-state index contributed by atoms with van der Waals surface area (Å²) in [6, 6.07) is 11.4. The minimum Gasteiger partial charge on any atom is -0.339 e. The number of aromatic nitrogens is 2. The lowest BCUT2D eigenvalue weighted by atomic mass is 10.2. The van der Waals surface area contributed by atoms with Gasteiger partial charge in [-0.15, -0.1) is 0 Å². The Morgan fingerprint density at radius 2 is 2.00 bits per heavy atom. The van der Waals surface area contributed by atoms with E-state index in [0.29, 0.717) is 23.7 Å². The van der Waals surface area contributed by atoms with Gasteiger partial charge in [-0.3, -0.25) is 4.79 Å². The van der Waals surface area contributed by atoms with E-state index in [9.17, 15) is 9.18 Å². The van der Waals surface area contributed by atoms with Crippen molar-refractivity contribution in [1.29, 1.82) is 0 Å². The summed E-state index contributed by atoms with van der Waals surface area (Å²) in [5.74, 6) is 0.274. The van der Waals surface area contributed by atoms with Crippen molar-refractivity contribution in [3.05, 3.63) is 64.2 Å². The van der Waals surface area contributed by atoms with Crippen LogP contribution in [0.1, 0.15) is 17.9 Å². The summed E-state index contributed by atoms with van der Waals surface area (Å²) in [6.45, 7) is 1.95. The Balaban J connectivity index is 1.57. The highest BCUT2D eigenvalue weighted by atomic mass is 79.9. The second-order valence-corrected chi connectivity index (χ2v) is 6.39. The number of amides is 1. The second kappa shape index (κ2) is 7.57. The molecule has 0 spiro atoms. The van der Waals surface area contributed by atoms with Crippen LogP contribution in [-0.4, -0.2) is 16.0 Å². The minimum absolute atomic E-state index is 0.136. The molecule has 0 saturated carbocycles. The molecule has 3 rings (SSSR count). The number of hydrogen-bond acceptors (Lipinski definition) is 4. The van der Waals surface area contributed by atoms with Crippen molar-refractivity contribution < 1.29 is 13.7 Å². The SMILES string of the molecule is Cc1cc(NC(=O)CCc2nc(-c3ccc(F)cc3)no2)ccc1Br. The highest BCUT2D eigenvalue weighted by Crippen LogP contribution is 2.20. The minimum atomic E-state index is -0.327. The molecule has 0 aliphatic rings. The van der Waals surface area contributed by atoms with E-state index in [2.05, 4.69) is 31.4 Å². The van der Waals surface area contributed by atoms with E-state index in [0.717, 1.165) is 15.7 Å². The smallest absolute Gasteiger partial charge is 0.227 e. The average Bonchev–Trinajstić information content (AvgIpc) is 3.06. The van der Waals surface area contributed by atoms with E-state index in [-0.39, 0.29) is 18.1 Å². The zero-order chi connectivity index (χ0) is 17.8. The van der Waals surface area contributed by atoms with Crippen molar-refractivity contribution in [2.45, 2.75) is 19.8 Å². The molecule has 128 valence electrons. The van der Waals surface area contributed by atoms with Crippen molar-refractivity contribution in [3.63, 3.8) is 0 Å². The van der Waals surface area contributed by atoms with Gasteiger partial charge in [0.05, 0.1) is 0 Å². The Hall–Kier alpha value is -2.54. The number of rotatable bonds is 5. The molecule has 0 aliphatic carbocycles. The van der Waals surface area contributed by atoms with Gasteiger partial charge in [-0.25, -0.2) is 4.39 Å². The van der Waals surface area contributed by atoms with Gasteiger partial charge in [0, 0.05) is 28.6 Å². The normalized spacial score (nSPS) is 10.7. The summed E-state index contributed by atoms with van der Waals surface area (Å²) in [5.41, 5.74) is 2.44. The predicted octanol–water partition coefficient (Wildman–Crippen LogP) is 4.52. The Bertz CT molecular complexity index is 894. The van der Waals surface area contributed by atoms with E-state index in [1.165, 1.54) is 12.1 Å². The van der Waals surface area contributed by atoms with Gasteiger partial charge in [-0.05, 0) is 55.0 Å². The fourth-order valence-electron chi connectivity index (χ4n) is 2.24. The summed E-state index contributed by atoms with van der Waals surface area (Å²) < 4.78 is 19.1. The molecular weight excluding hydrogens is 389 g/mol. The van der Waals surface area contributed by atoms with Crippen molar-refractivity contribution in [2.24, 2.45) is 0 Å². The van der Waals surface area contributed by atoms with Gasteiger partial charge >= 0.3 is 0 Å². The molecule has 0 saturated heterocycles. The van der Waals surface area contributed by atoms with Crippen LogP contribution in [0.3, 0.4) is 0 Å². The summed E-state index contributed by atoms with van der Waals surface area (Å²) in [6.07, 6.45) is 0.551. The largest absolute Gasteiger partial charge is 0.339 e. The molecule has 1 amide bonds. The standard InChI is InChI=1S/C18H15BrFN3O2/c1-11-10-14(6-7-15(11)19)21-16(24)8-9-17-22-18(23-25-17)12-2-4-13(20)5-3-12/h2-7,10H,8-9H2,1H3,(H,21,24). The third-order valence-corrected chi connectivity index (χ3v) is 4.47. The number of halogens is 2. The number of carbonyl (C=O) groups excluding carboxylic acids is 1. The molecule has 2 aromatic carbocycles. The number of carbonyl (C=O) groups is 1. The van der Waals surface area contributed by atoms with Crippen LogP contribution in [0.4, 0.5) is 10.1 Å². The Morgan fingerprint density at radius 1 is 1.24 bits per heavy atom. The summed E-state index contributed by atoms with van der Waals surface area (Å²) in [4.78, 5) is 16.3. The van der Waals surface area contributed by atoms with Crippen molar-refractivity contribution in [1.82, 2.24) is 10.1 Å². The van der Waals surface area contributed by atoms with Crippen LogP contribution < -0.4 is 5.32 Å². The fourth-order valence-corrected chi connectivity index (χ4v) is 2.49. The second-order valence-electron chi connectivity index (χ2n) is 5.53. The molecule has 0 radical (unpaired) electrons. The van der Waals surface area contributed by atoms with E-state index >= 15 is 0 Å². The predicted molar refractivity (Wildman–Crippen MR) is 95.5 cm³/mol. The van der Waals surface area contributed by atoms with Gasteiger partial charge < -0.3 is 9.84 Å². The molecule has 7 heteroatoms. The summed E-state index contributed by atoms with van der Waals surface area (Å²) >= 11 is 3.42. The molecule has 1 heterocycles. The van der Waals surface area contributed by atoms with E-state index in [4.69, 9.17) is 4.52 Å². The molecule has 0 aliphatic heterocycles. The molecule has 1 aromatic heterocycles. The molecular formula is C18H15BrFN3O2. The summed E-state index contributed by atoms with van der Waals surface area (Å²) in [7, 11) is 0. The van der Waals surface area contributed by atoms with E-state index in [1.54, 1.807) is 12.1 Å². The molecule has 25 heavy (non-hydrogen) atoms. The number of benzene rings is 2. The van der Waals surface area contributed by atoms with Gasteiger partial charge in [0.25, 0.3) is 0 Å². The third kappa shape index (κ3) is 4.51. The topological polar surface area (TPSA) is 68.0 Å². The van der Waals surface area contributed by atoms with Crippen LogP contribution >= 0.6 is 15.9 Å². The highest BCUT2D eigenvalue weighted by Gasteiger charge is 2.11. The maximum atomic E-state index is 12.9. The van der Waals surface area contributed by atoms with Crippen LogP contribution in [-0.2, 0) is 11.2 Å². The first kappa shape index (κ1) is 17.3. The lowest BCUT2D eigenvalue weighted by Gasteiger charge is -2.06. The number of hydrogen-bond donors (Lipinski definition) is 1. The molecule has 0 atom stereocenters. The van der Waals surface area contributed by atoms with Crippen LogP contribution in [0.25, 0.3) is 11.4 Å². The monoisotopic (exact) mass is 403 g/mol. The van der Waals surface area contributed by atoms with E-state index in [1.807, 2.05) is 25.1 Å². The summed E-state index contributed by atoms with van der Waals surface area (Å²) in [5, 5.41) is 6.69. The van der Waals surface area contributed by atoms with Crippen LogP contribution in [0.15, 0.2) is 51.5 Å². The lowest BCUT2D eigenvalue weighted by molar-refractivity contribution is -0.116. The third-order valence-electron chi connectivity index (χ3n) is 3.58. The Kier molecular flexibility index (Phi) is 5.23. The maximum Gasteiger partial charge on any atom is 0.227 e. The number of nitrogens with one attached hydrogen (secondary N) is 1. The van der Waals surface area contributed by atoms with Gasteiger partial charge in [-0.1, -0.05) is 21.1 Å². The van der Waals surface area contributed by atoms with Crippen molar-refractivity contribution in [2.75, 3.05) is 5.32 Å². The van der Waals surface area contributed by atoms with Crippen molar-refractivity contribution >= 4 is 27.5 Å². The quantitative estimate of drug-likeness (QED) is 0.679. The molecule has 3 aromatic rings. The Labute approximate surface area is 152 Å². The number of aryl methyl sites for hydroxylation is 2. The molecule has 1 N–H and O–H groups in total.